The molecule has 0 radical (unpaired) electrons. The molecule has 0 atom stereocenters. The molecule has 8 nitrogen and oxygen atoms in total. The van der Waals surface area contributed by atoms with E-state index in [1.165, 1.54) is 12.1 Å². The zero-order valence-electron chi connectivity index (χ0n) is 17.3. The van der Waals surface area contributed by atoms with Gasteiger partial charge in [0.2, 0.25) is 0 Å². The van der Waals surface area contributed by atoms with Gasteiger partial charge in [-0.3, -0.25) is 19.2 Å². The molecule has 15 heteroatoms. The van der Waals surface area contributed by atoms with Gasteiger partial charge >= 0.3 is 24.3 Å². The number of aliphatic carboxylic acids is 2. The Morgan fingerprint density at radius 2 is 1.20 bits per heavy atom. The highest BCUT2D eigenvalue weighted by molar-refractivity contribution is 6.67. The van der Waals surface area contributed by atoms with E-state index in [1.807, 2.05) is 5.32 Å². The predicted octanol–water partition coefficient (Wildman–Crippen LogP) is 3.63. The van der Waals surface area contributed by atoms with Gasteiger partial charge in [-0.1, -0.05) is 18.2 Å². The Kier molecular flexibility index (Phi) is 12.5. The van der Waals surface area contributed by atoms with Crippen LogP contribution in [0.5, 0.6) is 0 Å². The van der Waals surface area contributed by atoms with Crippen LogP contribution in [0.25, 0.3) is 0 Å². The number of carboxylic acid groups (broad SMARTS) is 2. The molecule has 2 aromatic rings. The normalized spacial score (nSPS) is 10.6. The summed E-state index contributed by atoms with van der Waals surface area (Å²) in [5, 5.41) is 17.0. The minimum atomic E-state index is -4.54. The fraction of sp³-hybridized carbons (Fsp3) is 0.200. The summed E-state index contributed by atoms with van der Waals surface area (Å²) in [6.45, 7) is -0.922. The molecule has 0 spiro atoms. The number of carbonyl (C=O) groups excluding carboxylic acids is 2. The molecule has 192 valence electrons. The number of carboxylic acids is 2. The summed E-state index contributed by atoms with van der Waals surface area (Å²) in [5.41, 5.74) is 2.35. The Morgan fingerprint density at radius 3 is 1.54 bits per heavy atom. The van der Waals surface area contributed by atoms with Crippen LogP contribution in [-0.2, 0) is 21.9 Å². The minimum Gasteiger partial charge on any atom is -0.480 e. The van der Waals surface area contributed by atoms with Crippen molar-refractivity contribution in [3.8, 4) is 0 Å². The van der Waals surface area contributed by atoms with Crippen molar-refractivity contribution >= 4 is 34.7 Å². The van der Waals surface area contributed by atoms with Gasteiger partial charge in [0.15, 0.2) is 0 Å². The van der Waals surface area contributed by atoms with Crippen molar-refractivity contribution in [1.29, 1.82) is 0 Å². The van der Waals surface area contributed by atoms with E-state index in [9.17, 15) is 45.5 Å². The average Bonchev–Trinajstić information content (AvgIpc) is 2.77. The molecule has 0 heterocycles. The first-order valence-electron chi connectivity index (χ1n) is 8.95. The minimum absolute atomic E-state index is 0.156. The molecular formula is C20H17ClF6N2O6. The summed E-state index contributed by atoms with van der Waals surface area (Å²) in [7, 11) is 0. The number of hydrogen-bond donors (Lipinski definition) is 4. The van der Waals surface area contributed by atoms with Crippen LogP contribution in [0.15, 0.2) is 48.5 Å². The van der Waals surface area contributed by atoms with Gasteiger partial charge in [-0.25, -0.2) is 0 Å². The van der Waals surface area contributed by atoms with Crippen LogP contribution in [-0.4, -0.2) is 46.4 Å². The summed E-state index contributed by atoms with van der Waals surface area (Å²) in [4.78, 5) is 41.2. The van der Waals surface area contributed by atoms with Gasteiger partial charge in [-0.2, -0.15) is 26.3 Å². The van der Waals surface area contributed by atoms with Gasteiger partial charge in [-0.05, 0) is 41.9 Å². The van der Waals surface area contributed by atoms with Gasteiger partial charge in [-0.15, -0.1) is 0 Å². The van der Waals surface area contributed by atoms with E-state index in [-0.39, 0.29) is 17.7 Å². The smallest absolute Gasteiger partial charge is 0.416 e. The summed E-state index contributed by atoms with van der Waals surface area (Å²) in [5.74, 6) is -3.10. The molecule has 5 N–H and O–H groups in total. The van der Waals surface area contributed by atoms with Crippen molar-refractivity contribution in [2.45, 2.75) is 12.4 Å². The first-order valence-corrected chi connectivity index (χ1v) is 9.33. The SMILES string of the molecule is NCC(=O)O.O=C(Cl)c1cccc(C(F)(F)F)c1.O=C(O)CNC(=O)c1cccc(C(F)(F)F)c1. The number of rotatable bonds is 5. The van der Waals surface area contributed by atoms with Crippen molar-refractivity contribution in [3.05, 3.63) is 70.8 Å². The highest BCUT2D eigenvalue weighted by atomic mass is 35.5. The van der Waals surface area contributed by atoms with Crippen molar-refractivity contribution in [2.24, 2.45) is 5.73 Å². The Labute approximate surface area is 198 Å². The van der Waals surface area contributed by atoms with Crippen LogP contribution in [0.4, 0.5) is 26.3 Å². The second-order valence-electron chi connectivity index (χ2n) is 6.11. The summed E-state index contributed by atoms with van der Waals surface area (Å²) < 4.78 is 73.2. The molecule has 0 aromatic heterocycles. The fourth-order valence-corrected chi connectivity index (χ4v) is 2.03. The molecule has 0 bridgehead atoms. The van der Waals surface area contributed by atoms with E-state index in [0.717, 1.165) is 30.3 Å². The fourth-order valence-electron chi connectivity index (χ4n) is 1.91. The van der Waals surface area contributed by atoms with Crippen molar-refractivity contribution in [3.63, 3.8) is 0 Å². The highest BCUT2D eigenvalue weighted by Crippen LogP contribution is 2.30. The molecule has 0 saturated heterocycles. The molecule has 0 aliphatic heterocycles. The molecule has 2 rings (SSSR count). The number of nitrogens with two attached hydrogens (primary N) is 1. The standard InChI is InChI=1S/C10H8F3NO3.C8H4ClF3O.C2H5NO2/c11-10(12,13)7-3-1-2-6(4-7)9(17)14-5-8(15)16;9-7(13)5-2-1-3-6(4-5)8(10,11)12;3-1-2(4)5/h1-4H,5H2,(H,14,17)(H,15,16);1-4H;1,3H2,(H,4,5). The predicted molar refractivity (Wildman–Crippen MR) is 110 cm³/mol. The summed E-state index contributed by atoms with van der Waals surface area (Å²) >= 11 is 5.02. The molecular weight excluding hydrogens is 514 g/mol. The van der Waals surface area contributed by atoms with Gasteiger partial charge < -0.3 is 21.3 Å². The largest absolute Gasteiger partial charge is 0.480 e. The number of alkyl halides is 6. The molecule has 0 unspecified atom stereocenters. The molecule has 0 saturated carbocycles. The number of carbonyl (C=O) groups is 4. The molecule has 0 aliphatic carbocycles. The summed E-state index contributed by atoms with van der Waals surface area (Å²) in [6, 6.07) is 7.71. The third-order valence-corrected chi connectivity index (χ3v) is 3.66. The molecule has 1 amide bonds. The lowest BCUT2D eigenvalue weighted by Crippen LogP contribution is -2.29. The highest BCUT2D eigenvalue weighted by Gasteiger charge is 2.31. The quantitative estimate of drug-likeness (QED) is 0.341. The van der Waals surface area contributed by atoms with Crippen LogP contribution in [0.3, 0.4) is 0 Å². The lowest BCUT2D eigenvalue weighted by molar-refractivity contribution is -0.138. The Bertz CT molecular complexity index is 1040. The van der Waals surface area contributed by atoms with Gasteiger partial charge in [0.1, 0.15) is 6.54 Å². The number of hydrogen-bond acceptors (Lipinski definition) is 5. The van der Waals surface area contributed by atoms with Crippen LogP contribution in [0.2, 0.25) is 0 Å². The zero-order valence-corrected chi connectivity index (χ0v) is 18.0. The number of nitrogens with one attached hydrogen (secondary N) is 1. The van der Waals surface area contributed by atoms with Crippen LogP contribution in [0, 0.1) is 0 Å². The van der Waals surface area contributed by atoms with Gasteiger partial charge in [0.25, 0.3) is 11.1 Å². The number of benzene rings is 2. The Morgan fingerprint density at radius 1 is 0.800 bits per heavy atom. The maximum atomic E-state index is 12.3. The second-order valence-corrected chi connectivity index (χ2v) is 6.45. The third-order valence-electron chi connectivity index (χ3n) is 3.44. The molecule has 35 heavy (non-hydrogen) atoms. The Balaban J connectivity index is 0.000000567. The van der Waals surface area contributed by atoms with E-state index < -0.39 is 53.1 Å². The van der Waals surface area contributed by atoms with Crippen molar-refractivity contribution < 1.29 is 55.7 Å². The monoisotopic (exact) mass is 530 g/mol. The maximum absolute atomic E-state index is 12.3. The van der Waals surface area contributed by atoms with Crippen LogP contribution >= 0.6 is 11.6 Å². The van der Waals surface area contributed by atoms with E-state index in [0.29, 0.717) is 6.07 Å². The van der Waals surface area contributed by atoms with Crippen molar-refractivity contribution in [1.82, 2.24) is 5.32 Å². The van der Waals surface area contributed by atoms with Gasteiger partial charge in [0, 0.05) is 11.1 Å². The topological polar surface area (TPSA) is 147 Å². The lowest BCUT2D eigenvalue weighted by atomic mass is 10.1. The molecule has 2 aromatic carbocycles. The summed E-state index contributed by atoms with van der Waals surface area (Å²) in [6.07, 6.45) is -8.98. The Hall–Kier alpha value is -3.65. The first-order chi connectivity index (χ1) is 16.0. The van der Waals surface area contributed by atoms with E-state index in [2.05, 4.69) is 5.73 Å². The van der Waals surface area contributed by atoms with Gasteiger partial charge in [0.05, 0.1) is 17.7 Å². The van der Waals surface area contributed by atoms with E-state index >= 15 is 0 Å². The zero-order chi connectivity index (χ0) is 27.4. The maximum Gasteiger partial charge on any atom is 0.416 e. The van der Waals surface area contributed by atoms with E-state index in [4.69, 9.17) is 21.8 Å². The molecule has 0 aliphatic rings. The third kappa shape index (κ3) is 13.0. The first kappa shape index (κ1) is 31.4. The second kappa shape index (κ2) is 13.9. The average molecular weight is 531 g/mol. The number of halogens is 7. The van der Waals surface area contributed by atoms with Crippen molar-refractivity contribution in [2.75, 3.05) is 13.1 Å². The van der Waals surface area contributed by atoms with E-state index in [1.54, 1.807) is 0 Å². The number of amides is 1. The lowest BCUT2D eigenvalue weighted by Gasteiger charge is -2.08. The molecule has 0 fully saturated rings. The van der Waals surface area contributed by atoms with Crippen LogP contribution in [0.1, 0.15) is 31.8 Å². The van der Waals surface area contributed by atoms with Crippen LogP contribution < -0.4 is 11.1 Å².